The van der Waals surface area contributed by atoms with Gasteiger partial charge in [0.25, 0.3) is 0 Å². The summed E-state index contributed by atoms with van der Waals surface area (Å²) in [4.78, 5) is 0. The molecule has 2 rings (SSSR count). The SMILES string of the molecule is OCC[n+]1ccc2ccccc2c1.[Br-]. The zero-order chi connectivity index (χ0) is 9.10. The monoisotopic (exact) mass is 253 g/mol. The summed E-state index contributed by atoms with van der Waals surface area (Å²) in [5.41, 5.74) is 0. The van der Waals surface area contributed by atoms with Gasteiger partial charge in [-0.3, -0.25) is 0 Å². The lowest BCUT2D eigenvalue weighted by Crippen LogP contribution is -3.00. The van der Waals surface area contributed by atoms with E-state index in [-0.39, 0.29) is 23.6 Å². The lowest BCUT2D eigenvalue weighted by molar-refractivity contribution is -0.696. The minimum atomic E-state index is 0. The second kappa shape index (κ2) is 5.08. The van der Waals surface area contributed by atoms with Crippen molar-refractivity contribution in [2.45, 2.75) is 6.54 Å². The van der Waals surface area contributed by atoms with Crippen LogP contribution >= 0.6 is 0 Å². The van der Waals surface area contributed by atoms with Crippen molar-refractivity contribution in [2.24, 2.45) is 0 Å². The van der Waals surface area contributed by atoms with E-state index in [2.05, 4.69) is 18.2 Å². The number of pyridine rings is 1. The van der Waals surface area contributed by atoms with Gasteiger partial charge >= 0.3 is 0 Å². The van der Waals surface area contributed by atoms with Gasteiger partial charge in [0.2, 0.25) is 0 Å². The summed E-state index contributed by atoms with van der Waals surface area (Å²) in [5.74, 6) is 0. The maximum atomic E-state index is 8.77. The fourth-order valence-corrected chi connectivity index (χ4v) is 1.43. The molecule has 0 unspecified atom stereocenters. The Morgan fingerprint density at radius 3 is 2.50 bits per heavy atom. The van der Waals surface area contributed by atoms with Crippen molar-refractivity contribution in [3.8, 4) is 0 Å². The largest absolute Gasteiger partial charge is 1.00 e. The highest BCUT2D eigenvalue weighted by Crippen LogP contribution is 2.09. The predicted molar refractivity (Wildman–Crippen MR) is 51.2 cm³/mol. The van der Waals surface area contributed by atoms with E-state index in [0.29, 0.717) is 6.54 Å². The zero-order valence-corrected chi connectivity index (χ0v) is 9.31. The highest BCUT2D eigenvalue weighted by atomic mass is 79.9. The molecule has 1 aromatic heterocycles. The fourth-order valence-electron chi connectivity index (χ4n) is 1.43. The van der Waals surface area contributed by atoms with Gasteiger partial charge in [-0.2, -0.15) is 0 Å². The van der Waals surface area contributed by atoms with E-state index in [1.165, 1.54) is 10.8 Å². The second-order valence-corrected chi connectivity index (χ2v) is 3.04. The minimum Gasteiger partial charge on any atom is -1.00 e. The molecular formula is C11H12BrNO. The molecule has 0 atom stereocenters. The van der Waals surface area contributed by atoms with E-state index < -0.39 is 0 Å². The van der Waals surface area contributed by atoms with Gasteiger partial charge in [0.15, 0.2) is 18.9 Å². The number of hydrogen-bond donors (Lipinski definition) is 1. The summed E-state index contributed by atoms with van der Waals surface area (Å²) in [7, 11) is 0. The van der Waals surface area contributed by atoms with Crippen LogP contribution in [0.4, 0.5) is 0 Å². The van der Waals surface area contributed by atoms with Gasteiger partial charge in [0, 0.05) is 11.5 Å². The molecule has 0 bridgehead atoms. The summed E-state index contributed by atoms with van der Waals surface area (Å²) in [5, 5.41) is 11.2. The molecule has 0 aliphatic carbocycles. The van der Waals surface area contributed by atoms with Gasteiger partial charge < -0.3 is 22.1 Å². The molecule has 3 heteroatoms. The Kier molecular flexibility index (Phi) is 4.04. The first kappa shape index (κ1) is 11.1. The number of fused-ring (bicyclic) bond motifs is 1. The first-order valence-electron chi connectivity index (χ1n) is 4.39. The molecule has 2 aromatic rings. The lowest BCUT2D eigenvalue weighted by Gasteiger charge is -1.96. The molecule has 0 fully saturated rings. The maximum absolute atomic E-state index is 8.77. The van der Waals surface area contributed by atoms with Crippen LogP contribution in [-0.2, 0) is 6.54 Å². The normalized spacial score (nSPS) is 9.79. The molecule has 0 aliphatic heterocycles. The van der Waals surface area contributed by atoms with E-state index in [9.17, 15) is 0 Å². The van der Waals surface area contributed by atoms with Gasteiger partial charge in [-0.25, -0.2) is 4.57 Å². The number of nitrogens with zero attached hydrogens (tertiary/aromatic N) is 1. The summed E-state index contributed by atoms with van der Waals surface area (Å²) in [6.45, 7) is 0.841. The number of benzene rings is 1. The number of hydrogen-bond acceptors (Lipinski definition) is 1. The van der Waals surface area contributed by atoms with Crippen molar-refractivity contribution in [3.05, 3.63) is 42.7 Å². The topological polar surface area (TPSA) is 24.1 Å². The molecule has 1 heterocycles. The summed E-state index contributed by atoms with van der Waals surface area (Å²) in [6.07, 6.45) is 4.03. The number of aliphatic hydroxyl groups is 1. The lowest BCUT2D eigenvalue weighted by atomic mass is 10.2. The molecule has 0 saturated heterocycles. The van der Waals surface area contributed by atoms with E-state index in [0.717, 1.165) is 0 Å². The first-order chi connectivity index (χ1) is 6.40. The van der Waals surface area contributed by atoms with E-state index in [1.54, 1.807) is 0 Å². The smallest absolute Gasteiger partial charge is 0.176 e. The van der Waals surface area contributed by atoms with Crippen molar-refractivity contribution in [1.29, 1.82) is 0 Å². The third-order valence-corrected chi connectivity index (χ3v) is 2.10. The van der Waals surface area contributed by atoms with Gasteiger partial charge in [-0.15, -0.1) is 0 Å². The molecule has 0 aliphatic rings. The Labute approximate surface area is 93.6 Å². The van der Waals surface area contributed by atoms with E-state index in [4.69, 9.17) is 5.11 Å². The summed E-state index contributed by atoms with van der Waals surface area (Å²) in [6, 6.07) is 10.3. The zero-order valence-electron chi connectivity index (χ0n) is 7.73. The summed E-state index contributed by atoms with van der Waals surface area (Å²) >= 11 is 0. The molecule has 0 saturated carbocycles. The molecule has 0 amide bonds. The highest BCUT2D eigenvalue weighted by Gasteiger charge is 2.00. The Balaban J connectivity index is 0.000000980. The average Bonchev–Trinajstić information content (AvgIpc) is 2.18. The fraction of sp³-hybridized carbons (Fsp3) is 0.182. The van der Waals surface area contributed by atoms with Crippen molar-refractivity contribution < 1.29 is 26.7 Å². The maximum Gasteiger partial charge on any atom is 0.176 e. The minimum absolute atomic E-state index is 0. The van der Waals surface area contributed by atoms with Crippen LogP contribution in [0.25, 0.3) is 10.8 Å². The van der Waals surface area contributed by atoms with Crippen LogP contribution in [0.2, 0.25) is 0 Å². The third kappa shape index (κ3) is 2.30. The van der Waals surface area contributed by atoms with Gasteiger partial charge in [0.05, 0.1) is 0 Å². The molecule has 0 spiro atoms. The molecule has 1 N–H and O–H groups in total. The Morgan fingerprint density at radius 2 is 1.79 bits per heavy atom. The Hall–Kier alpha value is -0.930. The van der Waals surface area contributed by atoms with Crippen LogP contribution in [0.3, 0.4) is 0 Å². The predicted octanol–water partition coefficient (Wildman–Crippen LogP) is -1.88. The standard InChI is InChI=1S/C11H12NO.BrH/c13-8-7-12-6-5-10-3-1-2-4-11(10)9-12;/h1-6,9,13H,7-8H2;1H/q+1;/p-1. The van der Waals surface area contributed by atoms with Crippen LogP contribution in [0.5, 0.6) is 0 Å². The highest BCUT2D eigenvalue weighted by molar-refractivity contribution is 5.80. The van der Waals surface area contributed by atoms with E-state index >= 15 is 0 Å². The number of halogens is 1. The average molecular weight is 254 g/mol. The molecule has 1 aromatic carbocycles. The van der Waals surface area contributed by atoms with Crippen molar-refractivity contribution >= 4 is 10.8 Å². The molecular weight excluding hydrogens is 242 g/mol. The van der Waals surface area contributed by atoms with Crippen molar-refractivity contribution in [1.82, 2.24) is 0 Å². The summed E-state index contributed by atoms with van der Waals surface area (Å²) < 4.78 is 1.99. The number of rotatable bonds is 2. The Bertz CT molecular complexity index is 417. The molecule has 74 valence electrons. The van der Waals surface area contributed by atoms with Gasteiger partial charge in [0.1, 0.15) is 6.61 Å². The van der Waals surface area contributed by atoms with Gasteiger partial charge in [-0.1, -0.05) is 18.2 Å². The third-order valence-electron chi connectivity index (χ3n) is 2.10. The van der Waals surface area contributed by atoms with Crippen LogP contribution < -0.4 is 21.5 Å². The van der Waals surface area contributed by atoms with Crippen LogP contribution in [0, 0.1) is 0 Å². The first-order valence-corrected chi connectivity index (χ1v) is 4.39. The Morgan fingerprint density at radius 1 is 1.07 bits per heavy atom. The number of aliphatic hydroxyl groups excluding tert-OH is 1. The quantitative estimate of drug-likeness (QED) is 0.623. The van der Waals surface area contributed by atoms with Crippen LogP contribution in [0.1, 0.15) is 0 Å². The molecule has 0 radical (unpaired) electrons. The second-order valence-electron chi connectivity index (χ2n) is 3.04. The molecule has 2 nitrogen and oxygen atoms in total. The number of aromatic nitrogens is 1. The van der Waals surface area contributed by atoms with Crippen molar-refractivity contribution in [2.75, 3.05) is 6.61 Å². The van der Waals surface area contributed by atoms with Gasteiger partial charge in [-0.05, 0) is 11.5 Å². The molecule has 14 heavy (non-hydrogen) atoms. The van der Waals surface area contributed by atoms with Crippen LogP contribution in [-0.4, -0.2) is 11.7 Å². The van der Waals surface area contributed by atoms with Crippen LogP contribution in [0.15, 0.2) is 42.7 Å². The van der Waals surface area contributed by atoms with Crippen molar-refractivity contribution in [3.63, 3.8) is 0 Å². The van der Waals surface area contributed by atoms with E-state index in [1.807, 2.05) is 29.1 Å².